The Morgan fingerprint density at radius 2 is 2.05 bits per heavy atom. The lowest BCUT2D eigenvalue weighted by atomic mass is 9.99. The second-order valence-electron chi connectivity index (χ2n) is 5.98. The van der Waals surface area contributed by atoms with Crippen LogP contribution in [0.5, 0.6) is 0 Å². The molecule has 1 unspecified atom stereocenters. The molecule has 0 bridgehead atoms. The molecule has 0 saturated heterocycles. The maximum Gasteiger partial charge on any atom is 0.242 e. The number of rotatable bonds is 4. The summed E-state index contributed by atoms with van der Waals surface area (Å²) in [4.78, 5) is 14.5. The molecular formula is C16H24N2O3S. The minimum atomic E-state index is -3.49. The van der Waals surface area contributed by atoms with Gasteiger partial charge in [0.1, 0.15) is 0 Å². The van der Waals surface area contributed by atoms with Crippen molar-refractivity contribution in [2.45, 2.75) is 38.0 Å². The van der Waals surface area contributed by atoms with Crippen LogP contribution in [0.25, 0.3) is 0 Å². The number of sulfonamides is 1. The summed E-state index contributed by atoms with van der Waals surface area (Å²) in [6.45, 7) is 4.55. The van der Waals surface area contributed by atoms with E-state index in [1.54, 1.807) is 17.0 Å². The standard InChI is InChI=1S/C16H24N2O3S/c1-5-12(2)16(19)18-10-6-7-13-8-9-14(11-15(13)18)22(20,21)17(3)4/h8-9,11-12H,5-7,10H2,1-4H3. The fourth-order valence-corrected chi connectivity index (χ4v) is 3.52. The lowest BCUT2D eigenvalue weighted by Gasteiger charge is -2.32. The summed E-state index contributed by atoms with van der Waals surface area (Å²) in [7, 11) is -0.468. The van der Waals surface area contributed by atoms with Crippen molar-refractivity contribution in [3.05, 3.63) is 23.8 Å². The van der Waals surface area contributed by atoms with E-state index >= 15 is 0 Å². The Labute approximate surface area is 133 Å². The summed E-state index contributed by atoms with van der Waals surface area (Å²) in [5.74, 6) is 0.0166. The number of nitrogens with zero attached hydrogens (tertiary/aromatic N) is 2. The molecule has 1 amide bonds. The summed E-state index contributed by atoms with van der Waals surface area (Å²) < 4.78 is 25.8. The summed E-state index contributed by atoms with van der Waals surface area (Å²) in [6.07, 6.45) is 2.57. The summed E-state index contributed by atoms with van der Waals surface area (Å²) >= 11 is 0. The van der Waals surface area contributed by atoms with Gasteiger partial charge in [0.05, 0.1) is 4.90 Å². The van der Waals surface area contributed by atoms with Crippen molar-refractivity contribution in [1.82, 2.24) is 4.31 Å². The monoisotopic (exact) mass is 324 g/mol. The Bertz CT molecular complexity index is 668. The van der Waals surface area contributed by atoms with Crippen molar-refractivity contribution in [3.8, 4) is 0 Å². The molecule has 0 aromatic heterocycles. The van der Waals surface area contributed by atoms with Crippen LogP contribution in [-0.2, 0) is 21.2 Å². The summed E-state index contributed by atoms with van der Waals surface area (Å²) in [5, 5.41) is 0. The van der Waals surface area contributed by atoms with E-state index in [4.69, 9.17) is 0 Å². The number of anilines is 1. The number of carbonyl (C=O) groups excluding carboxylic acids is 1. The van der Waals surface area contributed by atoms with Gasteiger partial charge in [-0.15, -0.1) is 0 Å². The van der Waals surface area contributed by atoms with Gasteiger partial charge in [0, 0.05) is 32.2 Å². The number of fused-ring (bicyclic) bond motifs is 1. The van der Waals surface area contributed by atoms with E-state index < -0.39 is 10.0 Å². The highest BCUT2D eigenvalue weighted by Gasteiger charge is 2.27. The Morgan fingerprint density at radius 1 is 1.36 bits per heavy atom. The Hall–Kier alpha value is -1.40. The van der Waals surface area contributed by atoms with E-state index in [9.17, 15) is 13.2 Å². The Balaban J connectivity index is 2.47. The molecule has 0 saturated carbocycles. The molecule has 1 atom stereocenters. The van der Waals surface area contributed by atoms with Crippen LogP contribution in [0.15, 0.2) is 23.1 Å². The molecule has 1 aromatic rings. The van der Waals surface area contributed by atoms with Crippen molar-refractivity contribution in [1.29, 1.82) is 0 Å². The maximum absolute atomic E-state index is 12.6. The molecule has 22 heavy (non-hydrogen) atoms. The zero-order chi connectivity index (χ0) is 16.5. The normalized spacial score (nSPS) is 16.5. The predicted molar refractivity (Wildman–Crippen MR) is 87.4 cm³/mol. The highest BCUT2D eigenvalue weighted by molar-refractivity contribution is 7.89. The number of amides is 1. The third-order valence-electron chi connectivity index (χ3n) is 4.25. The van der Waals surface area contributed by atoms with E-state index in [2.05, 4.69) is 0 Å². The van der Waals surface area contributed by atoms with Gasteiger partial charge in [-0.2, -0.15) is 0 Å². The maximum atomic E-state index is 12.6. The number of hydrogen-bond acceptors (Lipinski definition) is 3. The first-order valence-electron chi connectivity index (χ1n) is 7.65. The number of benzene rings is 1. The number of aryl methyl sites for hydroxylation is 1. The molecule has 1 heterocycles. The van der Waals surface area contributed by atoms with Gasteiger partial charge in [0.2, 0.25) is 15.9 Å². The first-order valence-corrected chi connectivity index (χ1v) is 9.10. The van der Waals surface area contributed by atoms with Crippen LogP contribution in [-0.4, -0.2) is 39.3 Å². The van der Waals surface area contributed by atoms with Crippen LogP contribution in [0.2, 0.25) is 0 Å². The molecular weight excluding hydrogens is 300 g/mol. The van der Waals surface area contributed by atoms with Crippen LogP contribution in [0.1, 0.15) is 32.3 Å². The third kappa shape index (κ3) is 3.03. The lowest BCUT2D eigenvalue weighted by Crippen LogP contribution is -2.39. The predicted octanol–water partition coefficient (Wildman–Crippen LogP) is 2.26. The van der Waals surface area contributed by atoms with Crippen molar-refractivity contribution < 1.29 is 13.2 Å². The van der Waals surface area contributed by atoms with Gasteiger partial charge in [-0.05, 0) is 37.0 Å². The van der Waals surface area contributed by atoms with Gasteiger partial charge in [-0.25, -0.2) is 12.7 Å². The molecule has 0 fully saturated rings. The van der Waals surface area contributed by atoms with Crippen molar-refractivity contribution in [2.75, 3.05) is 25.5 Å². The fourth-order valence-electron chi connectivity index (χ4n) is 2.60. The highest BCUT2D eigenvalue weighted by Crippen LogP contribution is 2.31. The zero-order valence-corrected chi connectivity index (χ0v) is 14.5. The van der Waals surface area contributed by atoms with Crippen LogP contribution in [0.4, 0.5) is 5.69 Å². The molecule has 1 aliphatic heterocycles. The zero-order valence-electron chi connectivity index (χ0n) is 13.7. The van der Waals surface area contributed by atoms with E-state index in [0.717, 1.165) is 30.5 Å². The topological polar surface area (TPSA) is 57.7 Å². The Kier molecular flexibility index (Phi) is 4.92. The second-order valence-corrected chi connectivity index (χ2v) is 8.13. The van der Waals surface area contributed by atoms with E-state index in [1.165, 1.54) is 18.4 Å². The minimum absolute atomic E-state index is 0.0555. The smallest absolute Gasteiger partial charge is 0.242 e. The molecule has 6 heteroatoms. The fraction of sp³-hybridized carbons (Fsp3) is 0.562. The van der Waals surface area contributed by atoms with Crippen LogP contribution >= 0.6 is 0 Å². The second kappa shape index (κ2) is 6.38. The first-order chi connectivity index (χ1) is 10.3. The molecule has 0 spiro atoms. The van der Waals surface area contributed by atoms with Crippen LogP contribution in [0.3, 0.4) is 0 Å². The number of hydrogen-bond donors (Lipinski definition) is 0. The average Bonchev–Trinajstić information content (AvgIpc) is 2.52. The Morgan fingerprint density at radius 3 is 2.64 bits per heavy atom. The quantitative estimate of drug-likeness (QED) is 0.853. The summed E-state index contributed by atoms with van der Waals surface area (Å²) in [6, 6.07) is 5.11. The van der Waals surface area contributed by atoms with Gasteiger partial charge in [0.15, 0.2) is 0 Å². The van der Waals surface area contributed by atoms with Gasteiger partial charge >= 0.3 is 0 Å². The molecule has 2 rings (SSSR count). The molecule has 0 radical (unpaired) electrons. The van der Waals surface area contributed by atoms with E-state index in [1.807, 2.05) is 19.9 Å². The van der Waals surface area contributed by atoms with Gasteiger partial charge < -0.3 is 4.90 Å². The molecule has 1 aromatic carbocycles. The van der Waals surface area contributed by atoms with E-state index in [0.29, 0.717) is 6.54 Å². The van der Waals surface area contributed by atoms with Crippen LogP contribution in [0, 0.1) is 5.92 Å². The summed E-state index contributed by atoms with van der Waals surface area (Å²) in [5.41, 5.74) is 1.79. The lowest BCUT2D eigenvalue weighted by molar-refractivity contribution is -0.122. The van der Waals surface area contributed by atoms with Gasteiger partial charge in [0.25, 0.3) is 0 Å². The third-order valence-corrected chi connectivity index (χ3v) is 6.07. The first kappa shape index (κ1) is 17.0. The molecule has 0 aliphatic carbocycles. The number of carbonyl (C=O) groups is 1. The van der Waals surface area contributed by atoms with Gasteiger partial charge in [-0.3, -0.25) is 4.79 Å². The van der Waals surface area contributed by atoms with Crippen molar-refractivity contribution in [3.63, 3.8) is 0 Å². The molecule has 0 N–H and O–H groups in total. The average molecular weight is 324 g/mol. The largest absolute Gasteiger partial charge is 0.312 e. The van der Waals surface area contributed by atoms with Crippen LogP contribution < -0.4 is 4.90 Å². The van der Waals surface area contributed by atoms with Crippen molar-refractivity contribution >= 4 is 21.6 Å². The highest BCUT2D eigenvalue weighted by atomic mass is 32.2. The molecule has 122 valence electrons. The van der Waals surface area contributed by atoms with E-state index in [-0.39, 0.29) is 16.7 Å². The van der Waals surface area contributed by atoms with Crippen molar-refractivity contribution in [2.24, 2.45) is 5.92 Å². The van der Waals surface area contributed by atoms with Gasteiger partial charge in [-0.1, -0.05) is 19.9 Å². The molecule has 5 nitrogen and oxygen atoms in total. The molecule has 1 aliphatic rings. The SMILES string of the molecule is CCC(C)C(=O)N1CCCc2ccc(S(=O)(=O)N(C)C)cc21. The minimum Gasteiger partial charge on any atom is -0.312 e.